The summed E-state index contributed by atoms with van der Waals surface area (Å²) in [5.41, 5.74) is -1.42. The van der Waals surface area contributed by atoms with E-state index in [4.69, 9.17) is 9.47 Å². The van der Waals surface area contributed by atoms with Gasteiger partial charge in [0.2, 0.25) is 0 Å². The average Bonchev–Trinajstić information content (AvgIpc) is 2.50. The van der Waals surface area contributed by atoms with Gasteiger partial charge in [-0.05, 0) is 20.8 Å². The van der Waals surface area contributed by atoms with Gasteiger partial charge >= 0.3 is 11.9 Å². The van der Waals surface area contributed by atoms with Crippen LogP contribution in [0.4, 0.5) is 0 Å². The van der Waals surface area contributed by atoms with E-state index in [-0.39, 0.29) is 12.3 Å². The van der Waals surface area contributed by atoms with Gasteiger partial charge in [-0.25, -0.2) is 9.59 Å². The topological polar surface area (TPSA) is 74.2 Å². The predicted octanol–water partition coefficient (Wildman–Crippen LogP) is 0.483. The molecule has 0 spiro atoms. The van der Waals surface area contributed by atoms with Crippen molar-refractivity contribution >= 4 is 17.7 Å². The van der Waals surface area contributed by atoms with Crippen LogP contribution in [0.2, 0.25) is 0 Å². The summed E-state index contributed by atoms with van der Waals surface area (Å²) in [4.78, 5) is 27.6. The fourth-order valence-electron chi connectivity index (χ4n) is 2.53. The minimum atomic E-state index is -1.07. The van der Waals surface area contributed by atoms with Crippen molar-refractivity contribution in [3.63, 3.8) is 0 Å². The van der Waals surface area contributed by atoms with Crippen LogP contribution >= 0.6 is 0 Å². The molecule has 1 fully saturated rings. The van der Waals surface area contributed by atoms with E-state index in [1.165, 1.54) is 7.11 Å². The van der Waals surface area contributed by atoms with Crippen molar-refractivity contribution in [3.8, 4) is 0 Å². The molecule has 0 aromatic rings. The minimum absolute atomic E-state index is 0.163. The van der Waals surface area contributed by atoms with Crippen molar-refractivity contribution < 1.29 is 23.8 Å². The second-order valence-corrected chi connectivity index (χ2v) is 5.07. The molecule has 2 aliphatic heterocycles. The van der Waals surface area contributed by atoms with Gasteiger partial charge in [0.15, 0.2) is 11.3 Å². The quantitative estimate of drug-likeness (QED) is 0.686. The first-order chi connectivity index (χ1) is 8.36. The van der Waals surface area contributed by atoms with Crippen LogP contribution in [-0.4, -0.2) is 48.6 Å². The fraction of sp³-hybridized carbons (Fsp3) is 0.750. The number of methoxy groups -OCH3 is 1. The molecule has 0 saturated carbocycles. The highest BCUT2D eigenvalue weighted by Gasteiger charge is 2.67. The molecule has 2 rings (SSSR count). The molecule has 0 amide bonds. The molecule has 0 N–H and O–H groups in total. The largest absolute Gasteiger partial charge is 0.464 e. The number of carbonyl (C=O) groups excluding carboxylic acids is 2. The lowest BCUT2D eigenvalue weighted by Crippen LogP contribution is -2.60. The van der Waals surface area contributed by atoms with Gasteiger partial charge in [-0.1, -0.05) is 0 Å². The Labute approximate surface area is 105 Å². The average molecular weight is 255 g/mol. The number of hydrogen-bond donors (Lipinski definition) is 0. The molecular formula is C12H17NO5. The summed E-state index contributed by atoms with van der Waals surface area (Å²) in [6.07, 6.45) is -0.247. The Morgan fingerprint density at radius 3 is 2.72 bits per heavy atom. The van der Waals surface area contributed by atoms with Crippen LogP contribution in [0.15, 0.2) is 4.99 Å². The predicted molar refractivity (Wildman–Crippen MR) is 62.4 cm³/mol. The summed E-state index contributed by atoms with van der Waals surface area (Å²) in [5, 5.41) is 0. The monoisotopic (exact) mass is 255 g/mol. The first-order valence-electron chi connectivity index (χ1n) is 5.89. The maximum Gasteiger partial charge on any atom is 0.354 e. The van der Waals surface area contributed by atoms with E-state index >= 15 is 0 Å². The highest BCUT2D eigenvalue weighted by Crippen LogP contribution is 2.47. The molecule has 1 saturated heterocycles. The Bertz CT molecular complexity index is 428. The summed E-state index contributed by atoms with van der Waals surface area (Å²) in [5.74, 6) is -0.995. The Hall–Kier alpha value is -1.43. The fourth-order valence-corrected chi connectivity index (χ4v) is 2.53. The van der Waals surface area contributed by atoms with E-state index in [0.717, 1.165) is 0 Å². The van der Waals surface area contributed by atoms with E-state index in [1.54, 1.807) is 6.92 Å². The summed E-state index contributed by atoms with van der Waals surface area (Å²) in [6.45, 7) is 5.72. The molecule has 0 aliphatic carbocycles. The molecule has 0 aromatic heterocycles. The lowest BCUT2D eigenvalue weighted by atomic mass is 9.79. The van der Waals surface area contributed by atoms with Gasteiger partial charge < -0.3 is 14.2 Å². The Balaban J connectivity index is 2.30. The highest BCUT2D eigenvalue weighted by atomic mass is 16.6. The molecule has 100 valence electrons. The Kier molecular flexibility index (Phi) is 2.93. The normalized spacial score (nSPS) is 32.0. The molecule has 0 unspecified atom stereocenters. The lowest BCUT2D eigenvalue weighted by molar-refractivity contribution is -0.152. The Morgan fingerprint density at radius 1 is 1.50 bits per heavy atom. The van der Waals surface area contributed by atoms with Gasteiger partial charge in [0, 0.05) is 6.42 Å². The van der Waals surface area contributed by atoms with Gasteiger partial charge in [0.05, 0.1) is 19.3 Å². The molecule has 18 heavy (non-hydrogen) atoms. The van der Waals surface area contributed by atoms with Gasteiger partial charge in [-0.15, -0.1) is 0 Å². The molecule has 0 bridgehead atoms. The first-order valence-corrected chi connectivity index (χ1v) is 5.89. The summed E-state index contributed by atoms with van der Waals surface area (Å²) >= 11 is 0. The number of ether oxygens (including phenoxy) is 3. The molecule has 6 nitrogen and oxygen atoms in total. The standard InChI is InChI=1S/C12H17NO5/c1-5-17-10(15)12-6-11(2,3)18-8(12)7(13-12)9(14)16-4/h8H,5-6H2,1-4H3/t8-,12-/m0/s1. The van der Waals surface area contributed by atoms with Crippen molar-refractivity contribution in [1.82, 2.24) is 0 Å². The zero-order valence-corrected chi connectivity index (χ0v) is 11.0. The van der Waals surface area contributed by atoms with E-state index < -0.39 is 29.2 Å². The Morgan fingerprint density at radius 2 is 2.17 bits per heavy atom. The molecule has 6 heteroatoms. The van der Waals surface area contributed by atoms with Crippen LogP contribution in [0, 0.1) is 0 Å². The highest BCUT2D eigenvalue weighted by molar-refractivity contribution is 6.42. The van der Waals surface area contributed by atoms with Crippen LogP contribution < -0.4 is 0 Å². The second-order valence-electron chi connectivity index (χ2n) is 5.07. The lowest BCUT2D eigenvalue weighted by Gasteiger charge is -2.36. The maximum absolute atomic E-state index is 12.0. The third kappa shape index (κ3) is 1.71. The van der Waals surface area contributed by atoms with Gasteiger partial charge in [-0.3, -0.25) is 4.99 Å². The van der Waals surface area contributed by atoms with Crippen molar-refractivity contribution in [3.05, 3.63) is 0 Å². The number of rotatable bonds is 3. The van der Waals surface area contributed by atoms with E-state index in [1.807, 2.05) is 13.8 Å². The van der Waals surface area contributed by atoms with Crippen LogP contribution in [0.25, 0.3) is 0 Å². The molecule has 2 aliphatic rings. The van der Waals surface area contributed by atoms with Crippen LogP contribution in [0.5, 0.6) is 0 Å². The van der Waals surface area contributed by atoms with Crippen molar-refractivity contribution in [2.45, 2.75) is 44.4 Å². The van der Waals surface area contributed by atoms with E-state index in [0.29, 0.717) is 6.42 Å². The summed E-state index contributed by atoms with van der Waals surface area (Å²) in [7, 11) is 1.27. The number of esters is 2. The van der Waals surface area contributed by atoms with Crippen molar-refractivity contribution in [1.29, 1.82) is 0 Å². The van der Waals surface area contributed by atoms with Gasteiger partial charge in [0.1, 0.15) is 6.10 Å². The first kappa shape index (κ1) is 13.0. The molecule has 2 heterocycles. The number of aliphatic imine (C=N–C) groups is 1. The van der Waals surface area contributed by atoms with Crippen LogP contribution in [0.1, 0.15) is 27.2 Å². The van der Waals surface area contributed by atoms with Crippen LogP contribution in [-0.2, 0) is 23.8 Å². The van der Waals surface area contributed by atoms with E-state index in [9.17, 15) is 9.59 Å². The third-order valence-corrected chi connectivity index (χ3v) is 3.16. The molecule has 2 atom stereocenters. The SMILES string of the molecule is CCOC(=O)[C@]12CC(C)(C)O[C@H]1C(C(=O)OC)=N2. The van der Waals surface area contributed by atoms with Gasteiger partial charge in [0.25, 0.3) is 0 Å². The van der Waals surface area contributed by atoms with E-state index in [2.05, 4.69) is 9.73 Å². The summed E-state index contributed by atoms with van der Waals surface area (Å²) < 4.78 is 15.4. The van der Waals surface area contributed by atoms with Crippen molar-refractivity contribution in [2.24, 2.45) is 4.99 Å². The van der Waals surface area contributed by atoms with Gasteiger partial charge in [-0.2, -0.15) is 0 Å². The smallest absolute Gasteiger partial charge is 0.354 e. The molecule has 0 radical (unpaired) electrons. The maximum atomic E-state index is 12.0. The minimum Gasteiger partial charge on any atom is -0.464 e. The molecular weight excluding hydrogens is 238 g/mol. The summed E-state index contributed by atoms with van der Waals surface area (Å²) in [6, 6.07) is 0. The zero-order valence-electron chi connectivity index (χ0n) is 11.0. The zero-order chi connectivity index (χ0) is 13.6. The number of carbonyl (C=O) groups is 2. The third-order valence-electron chi connectivity index (χ3n) is 3.16. The second kappa shape index (κ2) is 4.05. The van der Waals surface area contributed by atoms with Crippen LogP contribution in [0.3, 0.4) is 0 Å². The molecule has 0 aromatic carbocycles. The number of fused-ring (bicyclic) bond motifs is 1. The van der Waals surface area contributed by atoms with Crippen molar-refractivity contribution in [2.75, 3.05) is 13.7 Å². The number of hydrogen-bond acceptors (Lipinski definition) is 6. The number of nitrogens with zero attached hydrogens (tertiary/aromatic N) is 1.